The lowest BCUT2D eigenvalue weighted by Gasteiger charge is -2.29. The minimum atomic E-state index is -0.777. The summed E-state index contributed by atoms with van der Waals surface area (Å²) < 4.78 is 53.9. The van der Waals surface area contributed by atoms with E-state index in [1.165, 1.54) is 24.3 Å². The van der Waals surface area contributed by atoms with Crippen molar-refractivity contribution in [3.05, 3.63) is 58.9 Å². The van der Waals surface area contributed by atoms with Crippen LogP contribution in [0.1, 0.15) is 37.2 Å². The molecule has 0 N–H and O–H groups in total. The van der Waals surface area contributed by atoms with Crippen molar-refractivity contribution >= 4 is 0 Å². The zero-order valence-electron chi connectivity index (χ0n) is 14.3. The van der Waals surface area contributed by atoms with Crippen LogP contribution in [0.4, 0.5) is 13.2 Å². The summed E-state index contributed by atoms with van der Waals surface area (Å²) in [5, 5.41) is 0. The molecular weight excluding hydrogens is 329 g/mol. The molecule has 1 aliphatic heterocycles. The fraction of sp³-hybridized carbons (Fsp3) is 0.400. The van der Waals surface area contributed by atoms with Gasteiger partial charge in [0.2, 0.25) is 0 Å². The SMILES string of the molecule is CCCC1COC(c2cc(F)c(-c3ccc(C)c(F)c3)c(F)c2)OC1. The summed E-state index contributed by atoms with van der Waals surface area (Å²) >= 11 is 0. The second-order valence-corrected chi connectivity index (χ2v) is 6.48. The Balaban J connectivity index is 1.84. The van der Waals surface area contributed by atoms with E-state index in [-0.39, 0.29) is 11.1 Å². The lowest BCUT2D eigenvalue weighted by molar-refractivity contribution is -0.206. The van der Waals surface area contributed by atoms with Crippen LogP contribution in [0.2, 0.25) is 0 Å². The molecule has 0 radical (unpaired) electrons. The van der Waals surface area contributed by atoms with E-state index in [9.17, 15) is 13.2 Å². The molecule has 0 atom stereocenters. The highest BCUT2D eigenvalue weighted by atomic mass is 19.1. The van der Waals surface area contributed by atoms with E-state index in [1.807, 2.05) is 0 Å². The van der Waals surface area contributed by atoms with Gasteiger partial charge in [0.1, 0.15) is 17.5 Å². The molecule has 1 heterocycles. The second-order valence-electron chi connectivity index (χ2n) is 6.48. The maximum Gasteiger partial charge on any atom is 0.184 e. The summed E-state index contributed by atoms with van der Waals surface area (Å²) in [5.41, 5.74) is 0.633. The third-order valence-electron chi connectivity index (χ3n) is 4.46. The Morgan fingerprint density at radius 2 is 1.60 bits per heavy atom. The number of halogens is 3. The van der Waals surface area contributed by atoms with E-state index < -0.39 is 23.7 Å². The van der Waals surface area contributed by atoms with Crippen molar-refractivity contribution in [2.24, 2.45) is 5.92 Å². The highest BCUT2D eigenvalue weighted by Gasteiger charge is 2.25. The molecule has 134 valence electrons. The molecule has 0 unspecified atom stereocenters. The smallest absolute Gasteiger partial charge is 0.184 e. The van der Waals surface area contributed by atoms with Gasteiger partial charge in [-0.1, -0.05) is 25.5 Å². The van der Waals surface area contributed by atoms with Gasteiger partial charge < -0.3 is 9.47 Å². The first-order valence-corrected chi connectivity index (χ1v) is 8.48. The Bertz CT molecular complexity index is 730. The zero-order chi connectivity index (χ0) is 18.0. The topological polar surface area (TPSA) is 18.5 Å². The molecule has 25 heavy (non-hydrogen) atoms. The Labute approximate surface area is 145 Å². The van der Waals surface area contributed by atoms with Crippen molar-refractivity contribution in [3.8, 4) is 11.1 Å². The summed E-state index contributed by atoms with van der Waals surface area (Å²) in [6, 6.07) is 6.53. The van der Waals surface area contributed by atoms with Crippen LogP contribution in [0.5, 0.6) is 0 Å². The van der Waals surface area contributed by atoms with Gasteiger partial charge in [0, 0.05) is 11.5 Å². The molecule has 2 nitrogen and oxygen atoms in total. The van der Waals surface area contributed by atoms with Crippen molar-refractivity contribution in [2.45, 2.75) is 33.0 Å². The highest BCUT2D eigenvalue weighted by molar-refractivity contribution is 5.65. The van der Waals surface area contributed by atoms with Crippen LogP contribution in [0.15, 0.2) is 30.3 Å². The molecule has 0 aromatic heterocycles. The first-order valence-electron chi connectivity index (χ1n) is 8.48. The van der Waals surface area contributed by atoms with Crippen LogP contribution < -0.4 is 0 Å². The predicted molar refractivity (Wildman–Crippen MR) is 89.5 cm³/mol. The normalized spacial score (nSPS) is 20.7. The molecular formula is C20H21F3O2. The van der Waals surface area contributed by atoms with Crippen molar-refractivity contribution in [1.82, 2.24) is 0 Å². The van der Waals surface area contributed by atoms with E-state index in [2.05, 4.69) is 6.92 Å². The molecule has 0 amide bonds. The lowest BCUT2D eigenvalue weighted by atomic mass is 10.00. The van der Waals surface area contributed by atoms with Crippen LogP contribution in [0, 0.1) is 30.3 Å². The van der Waals surface area contributed by atoms with Crippen LogP contribution in [-0.4, -0.2) is 13.2 Å². The second kappa shape index (κ2) is 7.58. The van der Waals surface area contributed by atoms with Crippen LogP contribution in [-0.2, 0) is 9.47 Å². The summed E-state index contributed by atoms with van der Waals surface area (Å²) in [6.07, 6.45) is 1.25. The molecule has 3 rings (SSSR count). The molecule has 1 fully saturated rings. The summed E-state index contributed by atoms with van der Waals surface area (Å²) in [7, 11) is 0. The van der Waals surface area contributed by atoms with E-state index in [0.717, 1.165) is 18.9 Å². The van der Waals surface area contributed by atoms with Crippen LogP contribution in [0.3, 0.4) is 0 Å². The fourth-order valence-electron chi connectivity index (χ4n) is 3.06. The molecule has 0 aliphatic carbocycles. The number of ether oxygens (including phenoxy) is 2. The van der Waals surface area contributed by atoms with Crippen molar-refractivity contribution in [3.63, 3.8) is 0 Å². The molecule has 0 spiro atoms. The maximum absolute atomic E-state index is 14.5. The van der Waals surface area contributed by atoms with E-state index in [0.29, 0.717) is 30.3 Å². The number of hydrogen-bond donors (Lipinski definition) is 0. The number of rotatable bonds is 4. The quantitative estimate of drug-likeness (QED) is 0.721. The molecule has 2 aromatic carbocycles. The Hall–Kier alpha value is -1.85. The lowest BCUT2D eigenvalue weighted by Crippen LogP contribution is -2.27. The average Bonchev–Trinajstić information content (AvgIpc) is 2.58. The summed E-state index contributed by atoms with van der Waals surface area (Å²) in [5.74, 6) is -1.71. The molecule has 5 heteroatoms. The molecule has 1 saturated heterocycles. The number of aryl methyl sites for hydroxylation is 1. The maximum atomic E-state index is 14.5. The molecule has 0 saturated carbocycles. The molecule has 2 aromatic rings. The van der Waals surface area contributed by atoms with Gasteiger partial charge in [0.05, 0.1) is 18.8 Å². The van der Waals surface area contributed by atoms with Gasteiger partial charge >= 0.3 is 0 Å². The van der Waals surface area contributed by atoms with E-state index in [1.54, 1.807) is 6.92 Å². The van der Waals surface area contributed by atoms with Crippen molar-refractivity contribution in [2.75, 3.05) is 13.2 Å². The monoisotopic (exact) mass is 350 g/mol. The van der Waals surface area contributed by atoms with Gasteiger partial charge in [-0.25, -0.2) is 13.2 Å². The van der Waals surface area contributed by atoms with Crippen LogP contribution >= 0.6 is 0 Å². The summed E-state index contributed by atoms with van der Waals surface area (Å²) in [6.45, 7) is 4.70. The van der Waals surface area contributed by atoms with Gasteiger partial charge in [0.25, 0.3) is 0 Å². The Morgan fingerprint density at radius 1 is 0.960 bits per heavy atom. The Morgan fingerprint density at radius 3 is 2.16 bits per heavy atom. The van der Waals surface area contributed by atoms with E-state index in [4.69, 9.17) is 9.47 Å². The molecule has 1 aliphatic rings. The van der Waals surface area contributed by atoms with Gasteiger partial charge in [-0.15, -0.1) is 0 Å². The van der Waals surface area contributed by atoms with Gasteiger partial charge in [-0.3, -0.25) is 0 Å². The van der Waals surface area contributed by atoms with Gasteiger partial charge in [-0.05, 0) is 42.7 Å². The van der Waals surface area contributed by atoms with Crippen molar-refractivity contribution < 1.29 is 22.6 Å². The van der Waals surface area contributed by atoms with E-state index >= 15 is 0 Å². The minimum absolute atomic E-state index is 0.165. The molecule has 0 bridgehead atoms. The number of benzene rings is 2. The fourth-order valence-corrected chi connectivity index (χ4v) is 3.06. The minimum Gasteiger partial charge on any atom is -0.348 e. The van der Waals surface area contributed by atoms with Crippen LogP contribution in [0.25, 0.3) is 11.1 Å². The third kappa shape index (κ3) is 3.88. The Kier molecular flexibility index (Phi) is 5.45. The number of hydrogen-bond acceptors (Lipinski definition) is 2. The average molecular weight is 350 g/mol. The first-order chi connectivity index (χ1) is 12.0. The standard InChI is InChI=1S/C20H21F3O2/c1-3-4-13-10-24-20(25-11-13)15-8-17(22)19(18(23)9-15)14-6-5-12(2)16(21)7-14/h5-9,13,20H,3-4,10-11H2,1-2H3. The summed E-state index contributed by atoms with van der Waals surface area (Å²) in [4.78, 5) is 0. The third-order valence-corrected chi connectivity index (χ3v) is 4.46. The van der Waals surface area contributed by atoms with Gasteiger partial charge in [-0.2, -0.15) is 0 Å². The zero-order valence-corrected chi connectivity index (χ0v) is 14.3. The largest absolute Gasteiger partial charge is 0.348 e. The van der Waals surface area contributed by atoms with Gasteiger partial charge in [0.15, 0.2) is 6.29 Å². The van der Waals surface area contributed by atoms with Crippen molar-refractivity contribution in [1.29, 1.82) is 0 Å². The predicted octanol–water partition coefficient (Wildman–Crippen LogP) is 5.54. The highest BCUT2D eigenvalue weighted by Crippen LogP contribution is 2.33. The first kappa shape index (κ1) is 18.0.